The largest absolute Gasteiger partial charge is 0.354 e. The van der Waals surface area contributed by atoms with E-state index in [1.807, 2.05) is 36.7 Å². The minimum Gasteiger partial charge on any atom is -0.354 e. The van der Waals surface area contributed by atoms with E-state index in [0.29, 0.717) is 11.6 Å². The number of benzene rings is 1. The Morgan fingerprint density at radius 2 is 2.20 bits per heavy atom. The van der Waals surface area contributed by atoms with Crippen LogP contribution < -0.4 is 5.32 Å². The smallest absolute Gasteiger partial charge is 0.183 e. The van der Waals surface area contributed by atoms with Gasteiger partial charge in [-0.05, 0) is 6.07 Å². The SMILES string of the molecule is Cn1cnc(CNc2nc(-c3ccccc3Cl)cs2)n1. The van der Waals surface area contributed by atoms with Crippen LogP contribution in [0.25, 0.3) is 11.3 Å². The number of anilines is 1. The summed E-state index contributed by atoms with van der Waals surface area (Å²) in [5, 5.41) is 10.9. The second kappa shape index (κ2) is 5.60. The van der Waals surface area contributed by atoms with Gasteiger partial charge in [0.2, 0.25) is 0 Å². The van der Waals surface area contributed by atoms with Crippen molar-refractivity contribution in [2.45, 2.75) is 6.54 Å². The van der Waals surface area contributed by atoms with Gasteiger partial charge in [0.1, 0.15) is 6.33 Å². The van der Waals surface area contributed by atoms with Crippen LogP contribution in [-0.2, 0) is 13.6 Å². The highest BCUT2D eigenvalue weighted by Crippen LogP contribution is 2.30. The number of aromatic nitrogens is 4. The molecule has 0 fully saturated rings. The Kier molecular flexibility index (Phi) is 3.66. The Hall–Kier alpha value is -1.92. The Morgan fingerprint density at radius 1 is 1.35 bits per heavy atom. The third kappa shape index (κ3) is 2.81. The maximum absolute atomic E-state index is 6.17. The van der Waals surface area contributed by atoms with Gasteiger partial charge in [0, 0.05) is 23.0 Å². The van der Waals surface area contributed by atoms with Crippen molar-refractivity contribution >= 4 is 28.1 Å². The van der Waals surface area contributed by atoms with Crippen molar-refractivity contribution in [3.05, 3.63) is 46.8 Å². The molecule has 0 atom stereocenters. The summed E-state index contributed by atoms with van der Waals surface area (Å²) >= 11 is 7.70. The fourth-order valence-electron chi connectivity index (χ4n) is 1.77. The first-order chi connectivity index (χ1) is 9.72. The summed E-state index contributed by atoms with van der Waals surface area (Å²) in [5.41, 5.74) is 1.81. The maximum Gasteiger partial charge on any atom is 0.183 e. The molecule has 0 spiro atoms. The van der Waals surface area contributed by atoms with E-state index in [1.165, 1.54) is 11.3 Å². The Balaban J connectivity index is 1.72. The molecule has 2 heterocycles. The molecule has 0 unspecified atom stereocenters. The van der Waals surface area contributed by atoms with Crippen molar-refractivity contribution in [3.8, 4) is 11.3 Å². The van der Waals surface area contributed by atoms with Crippen molar-refractivity contribution in [1.82, 2.24) is 19.7 Å². The van der Waals surface area contributed by atoms with Crippen LogP contribution in [0.15, 0.2) is 36.0 Å². The van der Waals surface area contributed by atoms with Crippen LogP contribution in [0, 0.1) is 0 Å². The number of nitrogens with zero attached hydrogens (tertiary/aromatic N) is 4. The summed E-state index contributed by atoms with van der Waals surface area (Å²) in [4.78, 5) is 8.68. The fraction of sp³-hybridized carbons (Fsp3) is 0.154. The van der Waals surface area contributed by atoms with Crippen LogP contribution in [0.3, 0.4) is 0 Å². The lowest BCUT2D eigenvalue weighted by molar-refractivity contribution is 0.747. The van der Waals surface area contributed by atoms with Crippen LogP contribution in [-0.4, -0.2) is 19.7 Å². The summed E-state index contributed by atoms with van der Waals surface area (Å²) in [7, 11) is 1.84. The highest BCUT2D eigenvalue weighted by Gasteiger charge is 2.08. The van der Waals surface area contributed by atoms with E-state index in [2.05, 4.69) is 20.4 Å². The number of aryl methyl sites for hydroxylation is 1. The molecular formula is C13H12ClN5S. The van der Waals surface area contributed by atoms with Crippen LogP contribution in [0.2, 0.25) is 5.02 Å². The Bertz CT molecular complexity index is 721. The highest BCUT2D eigenvalue weighted by atomic mass is 35.5. The van der Waals surface area contributed by atoms with Gasteiger partial charge in [-0.2, -0.15) is 5.10 Å². The summed E-state index contributed by atoms with van der Waals surface area (Å²) in [6, 6.07) is 7.68. The van der Waals surface area contributed by atoms with E-state index in [4.69, 9.17) is 11.6 Å². The zero-order valence-electron chi connectivity index (χ0n) is 10.7. The first kappa shape index (κ1) is 13.1. The molecule has 0 saturated carbocycles. The number of nitrogens with one attached hydrogen (secondary N) is 1. The highest BCUT2D eigenvalue weighted by molar-refractivity contribution is 7.14. The molecule has 3 aromatic rings. The standard InChI is InChI=1S/C13H12ClN5S/c1-19-8-16-12(18-19)6-15-13-17-11(7-20-13)9-4-2-3-5-10(9)14/h2-5,7-8H,6H2,1H3,(H,15,17). The van der Waals surface area contributed by atoms with Crippen molar-refractivity contribution < 1.29 is 0 Å². The molecule has 2 aromatic heterocycles. The molecular weight excluding hydrogens is 294 g/mol. The number of hydrogen-bond acceptors (Lipinski definition) is 5. The van der Waals surface area contributed by atoms with E-state index in [9.17, 15) is 0 Å². The predicted octanol–water partition coefficient (Wildman–Crippen LogP) is 3.20. The van der Waals surface area contributed by atoms with Crippen molar-refractivity contribution in [3.63, 3.8) is 0 Å². The number of hydrogen-bond donors (Lipinski definition) is 1. The summed E-state index contributed by atoms with van der Waals surface area (Å²) in [6.07, 6.45) is 1.67. The molecule has 5 nitrogen and oxygen atoms in total. The molecule has 20 heavy (non-hydrogen) atoms. The molecule has 102 valence electrons. The summed E-state index contributed by atoms with van der Waals surface area (Å²) in [5.74, 6) is 0.738. The second-order valence-corrected chi connectivity index (χ2v) is 5.47. The molecule has 1 aromatic carbocycles. The fourth-order valence-corrected chi connectivity index (χ4v) is 2.71. The zero-order chi connectivity index (χ0) is 13.9. The minimum absolute atomic E-state index is 0.552. The topological polar surface area (TPSA) is 55.6 Å². The molecule has 0 aliphatic rings. The van der Waals surface area contributed by atoms with Crippen molar-refractivity contribution in [2.75, 3.05) is 5.32 Å². The molecule has 0 radical (unpaired) electrons. The quantitative estimate of drug-likeness (QED) is 0.804. The molecule has 7 heteroatoms. The van der Waals surface area contributed by atoms with Gasteiger partial charge in [0.25, 0.3) is 0 Å². The van der Waals surface area contributed by atoms with Crippen LogP contribution >= 0.6 is 22.9 Å². The van der Waals surface area contributed by atoms with Gasteiger partial charge in [0.15, 0.2) is 11.0 Å². The monoisotopic (exact) mass is 305 g/mol. The first-order valence-corrected chi connectivity index (χ1v) is 7.27. The zero-order valence-corrected chi connectivity index (χ0v) is 12.3. The number of halogens is 1. The predicted molar refractivity (Wildman–Crippen MR) is 80.9 cm³/mol. The van der Waals surface area contributed by atoms with Crippen LogP contribution in [0.4, 0.5) is 5.13 Å². The van der Waals surface area contributed by atoms with Gasteiger partial charge in [-0.1, -0.05) is 29.8 Å². The lowest BCUT2D eigenvalue weighted by Gasteiger charge is -2.00. The second-order valence-electron chi connectivity index (χ2n) is 4.21. The van der Waals surface area contributed by atoms with Crippen molar-refractivity contribution in [1.29, 1.82) is 0 Å². The molecule has 0 bridgehead atoms. The van der Waals surface area contributed by atoms with E-state index in [1.54, 1.807) is 11.0 Å². The first-order valence-electron chi connectivity index (χ1n) is 6.01. The van der Waals surface area contributed by atoms with Gasteiger partial charge in [-0.15, -0.1) is 11.3 Å². The van der Waals surface area contributed by atoms with Gasteiger partial charge >= 0.3 is 0 Å². The van der Waals surface area contributed by atoms with Gasteiger partial charge in [-0.3, -0.25) is 4.68 Å². The third-order valence-electron chi connectivity index (χ3n) is 2.70. The maximum atomic E-state index is 6.17. The average molecular weight is 306 g/mol. The number of thiazole rings is 1. The van der Waals surface area contributed by atoms with Gasteiger partial charge in [0.05, 0.1) is 12.2 Å². The van der Waals surface area contributed by atoms with E-state index in [0.717, 1.165) is 22.2 Å². The summed E-state index contributed by atoms with van der Waals surface area (Å²) in [6.45, 7) is 0.552. The van der Waals surface area contributed by atoms with Crippen LogP contribution in [0.1, 0.15) is 5.82 Å². The molecule has 1 N–H and O–H groups in total. The Morgan fingerprint density at radius 3 is 2.95 bits per heavy atom. The lowest BCUT2D eigenvalue weighted by Crippen LogP contribution is -2.01. The molecule has 0 aliphatic carbocycles. The lowest BCUT2D eigenvalue weighted by atomic mass is 10.2. The summed E-state index contributed by atoms with van der Waals surface area (Å²) < 4.78 is 1.67. The molecule has 0 aliphatic heterocycles. The third-order valence-corrected chi connectivity index (χ3v) is 3.83. The average Bonchev–Trinajstić information content (AvgIpc) is 3.06. The van der Waals surface area contributed by atoms with Crippen molar-refractivity contribution in [2.24, 2.45) is 7.05 Å². The van der Waals surface area contributed by atoms with Crippen LogP contribution in [0.5, 0.6) is 0 Å². The molecule has 0 saturated heterocycles. The molecule has 3 rings (SSSR count). The van der Waals surface area contributed by atoms with E-state index >= 15 is 0 Å². The van der Waals surface area contributed by atoms with E-state index in [-0.39, 0.29) is 0 Å². The molecule has 0 amide bonds. The van der Waals surface area contributed by atoms with Gasteiger partial charge in [-0.25, -0.2) is 9.97 Å². The van der Waals surface area contributed by atoms with E-state index < -0.39 is 0 Å². The van der Waals surface area contributed by atoms with Gasteiger partial charge < -0.3 is 5.32 Å². The Labute approximate surface area is 125 Å². The minimum atomic E-state index is 0.552. The number of rotatable bonds is 4. The normalized spacial score (nSPS) is 10.7.